The molecule has 90 valence electrons. The summed E-state index contributed by atoms with van der Waals surface area (Å²) in [4.78, 5) is 20.9. The predicted octanol–water partition coefficient (Wildman–Crippen LogP) is 1.79. The number of methoxy groups -OCH3 is 2. The second-order valence-corrected chi connectivity index (χ2v) is 3.04. The van der Waals surface area contributed by atoms with Gasteiger partial charge in [-0.15, -0.1) is 0 Å². The zero-order valence-corrected chi connectivity index (χ0v) is 9.38. The zero-order chi connectivity index (χ0) is 12.8. The number of rotatable bonds is 4. The molecule has 0 aliphatic carbocycles. The molecule has 0 N–H and O–H groups in total. The van der Waals surface area contributed by atoms with Crippen molar-refractivity contribution in [2.75, 3.05) is 14.2 Å². The Labute approximate surface area is 97.6 Å². The van der Waals surface area contributed by atoms with E-state index in [0.29, 0.717) is 11.3 Å². The minimum absolute atomic E-state index is 0.0722. The number of nitro groups is 1. The maximum absolute atomic E-state index is 10.9. The Bertz CT molecular complexity index is 467. The molecule has 0 saturated heterocycles. The molecular formula is C11H11NO5. The van der Waals surface area contributed by atoms with E-state index in [1.807, 2.05) is 0 Å². The fourth-order valence-corrected chi connectivity index (χ4v) is 1.18. The number of hydrogen-bond donors (Lipinski definition) is 0. The lowest BCUT2D eigenvalue weighted by molar-refractivity contribution is -0.384. The summed E-state index contributed by atoms with van der Waals surface area (Å²) in [5, 5.41) is 10.6. The van der Waals surface area contributed by atoms with Crippen LogP contribution >= 0.6 is 0 Å². The molecule has 6 heteroatoms. The van der Waals surface area contributed by atoms with E-state index < -0.39 is 10.9 Å². The fraction of sp³-hybridized carbons (Fsp3) is 0.182. The number of hydrogen-bond acceptors (Lipinski definition) is 5. The highest BCUT2D eigenvalue weighted by molar-refractivity contribution is 5.87. The van der Waals surface area contributed by atoms with Crippen molar-refractivity contribution in [3.05, 3.63) is 40.0 Å². The molecule has 0 atom stereocenters. The van der Waals surface area contributed by atoms with Gasteiger partial charge in [0.2, 0.25) is 0 Å². The van der Waals surface area contributed by atoms with Crippen molar-refractivity contribution in [1.82, 2.24) is 0 Å². The van der Waals surface area contributed by atoms with Gasteiger partial charge < -0.3 is 9.47 Å². The summed E-state index contributed by atoms with van der Waals surface area (Å²) >= 11 is 0. The van der Waals surface area contributed by atoms with Crippen LogP contribution in [0.3, 0.4) is 0 Å². The van der Waals surface area contributed by atoms with Gasteiger partial charge >= 0.3 is 5.97 Å². The average molecular weight is 237 g/mol. The second kappa shape index (κ2) is 5.64. The lowest BCUT2D eigenvalue weighted by atomic mass is 10.1. The van der Waals surface area contributed by atoms with Crippen LogP contribution < -0.4 is 4.74 Å². The van der Waals surface area contributed by atoms with Gasteiger partial charge in [0.15, 0.2) is 0 Å². The van der Waals surface area contributed by atoms with Crippen molar-refractivity contribution < 1.29 is 19.2 Å². The summed E-state index contributed by atoms with van der Waals surface area (Å²) in [6.07, 6.45) is 2.68. The SMILES string of the molecule is COC(=O)C=Cc1ccc([N+](=O)[O-])cc1OC. The normalized spacial score (nSPS) is 10.2. The van der Waals surface area contributed by atoms with Crippen LogP contribution in [0.1, 0.15) is 5.56 Å². The maximum atomic E-state index is 10.9. The Morgan fingerprint density at radius 1 is 1.41 bits per heavy atom. The molecule has 0 spiro atoms. The number of nitrogens with zero attached hydrogens (tertiary/aromatic N) is 1. The Balaban J connectivity index is 3.05. The average Bonchev–Trinajstić information content (AvgIpc) is 2.35. The van der Waals surface area contributed by atoms with Crippen LogP contribution in [0.25, 0.3) is 6.08 Å². The van der Waals surface area contributed by atoms with Gasteiger partial charge in [-0.3, -0.25) is 10.1 Å². The van der Waals surface area contributed by atoms with Gasteiger partial charge in [0, 0.05) is 17.7 Å². The first kappa shape index (κ1) is 12.7. The third kappa shape index (κ3) is 3.30. The van der Waals surface area contributed by atoms with Gasteiger partial charge in [-0.25, -0.2) is 4.79 Å². The monoisotopic (exact) mass is 237 g/mol. The molecule has 0 saturated carbocycles. The maximum Gasteiger partial charge on any atom is 0.330 e. The number of carbonyl (C=O) groups excluding carboxylic acids is 1. The minimum Gasteiger partial charge on any atom is -0.496 e. The van der Waals surface area contributed by atoms with Crippen molar-refractivity contribution in [1.29, 1.82) is 0 Å². The number of esters is 1. The summed E-state index contributed by atoms with van der Waals surface area (Å²) in [5.74, 6) is -0.190. The van der Waals surface area contributed by atoms with Crippen LogP contribution in [0, 0.1) is 10.1 Å². The van der Waals surface area contributed by atoms with Crippen LogP contribution in [0.4, 0.5) is 5.69 Å². The number of benzene rings is 1. The van der Waals surface area contributed by atoms with Crippen LogP contribution in [0.15, 0.2) is 24.3 Å². The van der Waals surface area contributed by atoms with Gasteiger partial charge in [-0.1, -0.05) is 0 Å². The van der Waals surface area contributed by atoms with Gasteiger partial charge in [-0.2, -0.15) is 0 Å². The summed E-state index contributed by atoms with van der Waals surface area (Å²) in [6.45, 7) is 0. The van der Waals surface area contributed by atoms with Crippen LogP contribution in [-0.4, -0.2) is 25.1 Å². The van der Waals surface area contributed by atoms with Crippen LogP contribution in [0.2, 0.25) is 0 Å². The highest BCUT2D eigenvalue weighted by atomic mass is 16.6. The quantitative estimate of drug-likeness (QED) is 0.345. The van der Waals surface area contributed by atoms with Gasteiger partial charge in [0.1, 0.15) is 5.75 Å². The fourth-order valence-electron chi connectivity index (χ4n) is 1.18. The summed E-state index contributed by atoms with van der Waals surface area (Å²) in [7, 11) is 2.66. The number of nitro benzene ring substituents is 1. The molecule has 17 heavy (non-hydrogen) atoms. The first-order valence-corrected chi connectivity index (χ1v) is 4.67. The Morgan fingerprint density at radius 2 is 2.12 bits per heavy atom. The number of non-ortho nitro benzene ring substituents is 1. The van der Waals surface area contributed by atoms with Gasteiger partial charge in [0.25, 0.3) is 5.69 Å². The van der Waals surface area contributed by atoms with Gasteiger partial charge in [-0.05, 0) is 12.1 Å². The molecule has 0 unspecified atom stereocenters. The van der Waals surface area contributed by atoms with E-state index in [0.717, 1.165) is 0 Å². The highest BCUT2D eigenvalue weighted by Gasteiger charge is 2.09. The van der Waals surface area contributed by atoms with E-state index in [9.17, 15) is 14.9 Å². The lowest BCUT2D eigenvalue weighted by Gasteiger charge is -2.03. The topological polar surface area (TPSA) is 78.7 Å². The van der Waals surface area contributed by atoms with E-state index >= 15 is 0 Å². The first-order valence-electron chi connectivity index (χ1n) is 4.67. The van der Waals surface area contributed by atoms with E-state index in [1.165, 1.54) is 44.6 Å². The molecule has 1 aromatic carbocycles. The summed E-state index contributed by atoms with van der Waals surface area (Å²) < 4.78 is 9.43. The Hall–Kier alpha value is -2.37. The van der Waals surface area contributed by atoms with Crippen molar-refractivity contribution in [2.24, 2.45) is 0 Å². The smallest absolute Gasteiger partial charge is 0.330 e. The van der Waals surface area contributed by atoms with Crippen LogP contribution in [0.5, 0.6) is 5.75 Å². The standard InChI is InChI=1S/C11H11NO5/c1-16-10-7-9(12(14)15)5-3-8(10)4-6-11(13)17-2/h3-7H,1-2H3. The van der Waals surface area contributed by atoms with Crippen molar-refractivity contribution in [3.63, 3.8) is 0 Å². The molecule has 0 heterocycles. The molecule has 0 aromatic heterocycles. The zero-order valence-electron chi connectivity index (χ0n) is 9.38. The lowest BCUT2D eigenvalue weighted by Crippen LogP contribution is -1.95. The number of ether oxygens (including phenoxy) is 2. The number of carbonyl (C=O) groups is 1. The molecule has 0 bridgehead atoms. The third-order valence-electron chi connectivity index (χ3n) is 2.03. The molecule has 1 aromatic rings. The molecule has 0 aliphatic heterocycles. The van der Waals surface area contributed by atoms with Gasteiger partial charge in [0.05, 0.1) is 25.2 Å². The summed E-state index contributed by atoms with van der Waals surface area (Å²) in [6, 6.07) is 4.12. The molecule has 0 amide bonds. The van der Waals surface area contributed by atoms with Crippen molar-refractivity contribution in [2.45, 2.75) is 0 Å². The highest BCUT2D eigenvalue weighted by Crippen LogP contribution is 2.25. The van der Waals surface area contributed by atoms with E-state index in [-0.39, 0.29) is 5.69 Å². The Kier molecular flexibility index (Phi) is 4.21. The second-order valence-electron chi connectivity index (χ2n) is 3.04. The molecular weight excluding hydrogens is 226 g/mol. The predicted molar refractivity (Wildman–Crippen MR) is 60.7 cm³/mol. The van der Waals surface area contributed by atoms with E-state index in [4.69, 9.17) is 4.74 Å². The Morgan fingerprint density at radius 3 is 2.65 bits per heavy atom. The van der Waals surface area contributed by atoms with E-state index in [2.05, 4.69) is 4.74 Å². The van der Waals surface area contributed by atoms with Crippen molar-refractivity contribution >= 4 is 17.7 Å². The first-order chi connectivity index (χ1) is 8.08. The molecule has 6 nitrogen and oxygen atoms in total. The van der Waals surface area contributed by atoms with E-state index in [1.54, 1.807) is 0 Å². The molecule has 0 fully saturated rings. The van der Waals surface area contributed by atoms with Crippen molar-refractivity contribution in [3.8, 4) is 5.75 Å². The largest absolute Gasteiger partial charge is 0.496 e. The minimum atomic E-state index is -0.518. The molecule has 0 radical (unpaired) electrons. The third-order valence-corrected chi connectivity index (χ3v) is 2.03. The van der Waals surface area contributed by atoms with Crippen LogP contribution in [-0.2, 0) is 9.53 Å². The molecule has 0 aliphatic rings. The summed E-state index contributed by atoms with van der Waals surface area (Å²) in [5.41, 5.74) is 0.487. The molecule has 1 rings (SSSR count).